The van der Waals surface area contributed by atoms with Gasteiger partial charge in [0.25, 0.3) is 0 Å². The van der Waals surface area contributed by atoms with Crippen molar-refractivity contribution in [1.29, 1.82) is 0 Å². The number of carbonyl (C=O) groups excluding carboxylic acids is 1. The fourth-order valence-corrected chi connectivity index (χ4v) is 9.20. The van der Waals surface area contributed by atoms with Crippen LogP contribution in [-0.2, 0) is 9.53 Å². The van der Waals surface area contributed by atoms with Gasteiger partial charge in [-0.25, -0.2) is 0 Å². The van der Waals surface area contributed by atoms with E-state index in [9.17, 15) is 25.2 Å². The molecule has 0 amide bonds. The molecular weight excluding hydrogens is 492 g/mol. The van der Waals surface area contributed by atoms with Crippen LogP contribution in [0.3, 0.4) is 0 Å². The summed E-state index contributed by atoms with van der Waals surface area (Å²) < 4.78 is 5.88. The molecule has 3 saturated carbocycles. The second-order valence-electron chi connectivity index (χ2n) is 14.5. The van der Waals surface area contributed by atoms with Gasteiger partial charge in [0.2, 0.25) is 0 Å². The average molecular weight is 545 g/mol. The molecule has 0 radical (unpaired) electrons. The molecule has 0 saturated heterocycles. The molecular formula is C33H52O6. The van der Waals surface area contributed by atoms with Crippen LogP contribution in [0.2, 0.25) is 0 Å². The maximum atomic E-state index is 14.3. The van der Waals surface area contributed by atoms with Crippen LogP contribution in [0, 0.1) is 34.5 Å². The number of ether oxygens (including phenoxy) is 1. The first-order chi connectivity index (χ1) is 18.0. The van der Waals surface area contributed by atoms with Gasteiger partial charge in [-0.15, -0.1) is 6.58 Å². The van der Waals surface area contributed by atoms with Gasteiger partial charge in [0.15, 0.2) is 0 Å². The van der Waals surface area contributed by atoms with E-state index in [-0.39, 0.29) is 40.3 Å². The molecule has 220 valence electrons. The standard InChI is InChI=1S/C33H52O6/c1-9-10-20-28-21-11-12-26(33(8,38)27(35)14-15-30(4,5)37)31(21,6)16-13-22(28)32(7)18-24(34)25(39-19(2)3)17-23(32)29(20)36/h9,20,22-27,34-35,37-38H,1-2,10-18H2,3-8H3/t20-,22-,23-,24-,25?,26-,27+,31-,32+,33+/m0/s1. The van der Waals surface area contributed by atoms with E-state index in [0.29, 0.717) is 37.9 Å². The Morgan fingerprint density at radius 1 is 1.21 bits per heavy atom. The lowest BCUT2D eigenvalue weighted by Gasteiger charge is -2.59. The van der Waals surface area contributed by atoms with E-state index in [1.807, 2.05) is 6.08 Å². The number of allylic oxidation sites excluding steroid dienone is 4. The molecule has 4 rings (SSSR count). The number of hydrogen-bond acceptors (Lipinski definition) is 6. The molecule has 39 heavy (non-hydrogen) atoms. The zero-order chi connectivity index (χ0) is 29.1. The van der Waals surface area contributed by atoms with Crippen molar-refractivity contribution in [3.05, 3.63) is 36.1 Å². The minimum absolute atomic E-state index is 0.152. The van der Waals surface area contributed by atoms with Gasteiger partial charge in [0, 0.05) is 11.8 Å². The predicted molar refractivity (Wildman–Crippen MR) is 153 cm³/mol. The van der Waals surface area contributed by atoms with Crippen molar-refractivity contribution in [2.45, 2.75) is 129 Å². The summed E-state index contributed by atoms with van der Waals surface area (Å²) in [5, 5.41) is 44.3. The van der Waals surface area contributed by atoms with Crippen LogP contribution in [0.4, 0.5) is 0 Å². The fraction of sp³-hybridized carbons (Fsp3) is 0.788. The smallest absolute Gasteiger partial charge is 0.144 e. The van der Waals surface area contributed by atoms with Crippen LogP contribution >= 0.6 is 0 Å². The summed E-state index contributed by atoms with van der Waals surface area (Å²) in [6, 6.07) is 0. The number of ketones is 1. The number of carbonyl (C=O) groups is 1. The molecule has 0 aromatic rings. The van der Waals surface area contributed by atoms with Crippen LogP contribution in [0.1, 0.15) is 99.3 Å². The minimum atomic E-state index is -1.32. The Hall–Kier alpha value is -1.47. The first-order valence-electron chi connectivity index (χ1n) is 15.0. The summed E-state index contributed by atoms with van der Waals surface area (Å²) in [6.07, 6.45) is 5.43. The van der Waals surface area contributed by atoms with E-state index in [2.05, 4.69) is 27.0 Å². The zero-order valence-electron chi connectivity index (χ0n) is 25.0. The van der Waals surface area contributed by atoms with Crippen molar-refractivity contribution in [2.24, 2.45) is 34.5 Å². The SMILES string of the molecule is C=CC[C@@H]1C(=O)[C@@H]2CC(OC(=C)C)[C@@H](O)C[C@]2(C)[C@H]2CC[C@@]3(C)C(=C12)CC[C@@H]3[C@@](C)(O)[C@H](O)CCC(C)(C)O. The summed E-state index contributed by atoms with van der Waals surface area (Å²) in [5.41, 5.74) is -0.404. The van der Waals surface area contributed by atoms with Gasteiger partial charge in [0.1, 0.15) is 11.9 Å². The molecule has 6 nitrogen and oxygen atoms in total. The van der Waals surface area contributed by atoms with Crippen LogP contribution in [0.15, 0.2) is 36.1 Å². The lowest BCUT2D eigenvalue weighted by molar-refractivity contribution is -0.156. The van der Waals surface area contributed by atoms with E-state index in [0.717, 1.165) is 25.7 Å². The molecule has 0 bridgehead atoms. The van der Waals surface area contributed by atoms with Crippen LogP contribution in [0.25, 0.3) is 0 Å². The van der Waals surface area contributed by atoms with Gasteiger partial charge >= 0.3 is 0 Å². The second kappa shape index (κ2) is 10.4. The number of hydrogen-bond donors (Lipinski definition) is 4. The first kappa shape index (κ1) is 30.5. The van der Waals surface area contributed by atoms with Crippen LogP contribution in [-0.4, -0.2) is 55.7 Å². The zero-order valence-corrected chi connectivity index (χ0v) is 25.0. The van der Waals surface area contributed by atoms with Gasteiger partial charge in [-0.2, -0.15) is 0 Å². The normalized spacial score (nSPS) is 40.7. The molecule has 0 heterocycles. The average Bonchev–Trinajstić information content (AvgIpc) is 3.18. The Kier molecular flexibility index (Phi) is 8.14. The minimum Gasteiger partial charge on any atom is -0.493 e. The molecule has 4 N–H and O–H groups in total. The van der Waals surface area contributed by atoms with Crippen molar-refractivity contribution in [1.82, 2.24) is 0 Å². The number of rotatable bonds is 9. The monoisotopic (exact) mass is 544 g/mol. The van der Waals surface area contributed by atoms with Crippen molar-refractivity contribution >= 4 is 5.78 Å². The molecule has 0 aromatic carbocycles. The Morgan fingerprint density at radius 2 is 1.87 bits per heavy atom. The van der Waals surface area contributed by atoms with Crippen LogP contribution < -0.4 is 0 Å². The van der Waals surface area contributed by atoms with Crippen molar-refractivity contribution in [3.63, 3.8) is 0 Å². The first-order valence-corrected chi connectivity index (χ1v) is 15.0. The van der Waals surface area contributed by atoms with Gasteiger partial charge in [-0.05, 0) is 108 Å². The third kappa shape index (κ3) is 5.20. The highest BCUT2D eigenvalue weighted by Crippen LogP contribution is 2.67. The Balaban J connectivity index is 1.72. The van der Waals surface area contributed by atoms with Gasteiger partial charge in [0.05, 0.1) is 29.2 Å². The van der Waals surface area contributed by atoms with Crippen molar-refractivity contribution in [2.75, 3.05) is 0 Å². The molecule has 4 aliphatic carbocycles. The highest BCUT2D eigenvalue weighted by atomic mass is 16.5. The molecule has 4 aliphatic rings. The second-order valence-corrected chi connectivity index (χ2v) is 14.5. The number of aliphatic hydroxyl groups excluding tert-OH is 2. The van der Waals surface area contributed by atoms with E-state index in [1.54, 1.807) is 27.7 Å². The Morgan fingerprint density at radius 3 is 2.46 bits per heavy atom. The lowest BCUT2D eigenvalue weighted by atomic mass is 9.45. The molecule has 1 unspecified atom stereocenters. The topological polar surface area (TPSA) is 107 Å². The third-order valence-electron chi connectivity index (χ3n) is 11.2. The fourth-order valence-electron chi connectivity index (χ4n) is 9.20. The largest absolute Gasteiger partial charge is 0.493 e. The number of Topliss-reactive ketones (excluding diaryl/α,β-unsaturated/α-hetero) is 1. The third-order valence-corrected chi connectivity index (χ3v) is 11.2. The van der Waals surface area contributed by atoms with E-state index in [1.165, 1.54) is 11.1 Å². The highest BCUT2D eigenvalue weighted by molar-refractivity contribution is 5.89. The van der Waals surface area contributed by atoms with Crippen molar-refractivity contribution in [3.8, 4) is 0 Å². The van der Waals surface area contributed by atoms with E-state index in [4.69, 9.17) is 4.74 Å². The van der Waals surface area contributed by atoms with Gasteiger partial charge in [-0.1, -0.05) is 37.6 Å². The summed E-state index contributed by atoms with van der Waals surface area (Å²) in [5.74, 6) is 0.363. The molecule has 6 heteroatoms. The Bertz CT molecular complexity index is 1020. The lowest BCUT2D eigenvalue weighted by Crippen LogP contribution is -2.59. The van der Waals surface area contributed by atoms with Gasteiger partial charge < -0.3 is 25.2 Å². The predicted octanol–water partition coefficient (Wildman–Crippen LogP) is 5.24. The molecule has 0 aromatic heterocycles. The summed E-state index contributed by atoms with van der Waals surface area (Å²) in [6.45, 7) is 19.2. The summed E-state index contributed by atoms with van der Waals surface area (Å²) in [4.78, 5) is 14.3. The molecule has 0 spiro atoms. The maximum Gasteiger partial charge on any atom is 0.144 e. The van der Waals surface area contributed by atoms with Gasteiger partial charge in [-0.3, -0.25) is 4.79 Å². The Labute approximate surface area is 235 Å². The van der Waals surface area contributed by atoms with Crippen LogP contribution in [0.5, 0.6) is 0 Å². The molecule has 0 aliphatic heterocycles. The maximum absolute atomic E-state index is 14.3. The molecule has 10 atom stereocenters. The highest BCUT2D eigenvalue weighted by Gasteiger charge is 2.63. The van der Waals surface area contributed by atoms with E-state index < -0.39 is 29.5 Å². The summed E-state index contributed by atoms with van der Waals surface area (Å²) in [7, 11) is 0. The van der Waals surface area contributed by atoms with E-state index >= 15 is 0 Å². The quantitative estimate of drug-likeness (QED) is 0.234. The number of fused-ring (bicyclic) bond motifs is 4. The van der Waals surface area contributed by atoms with Crippen molar-refractivity contribution < 1.29 is 30.0 Å². The molecule has 3 fully saturated rings. The number of aliphatic hydroxyl groups is 4. The summed E-state index contributed by atoms with van der Waals surface area (Å²) >= 11 is 0.